The molecule has 2 aromatic rings. The van der Waals surface area contributed by atoms with Gasteiger partial charge in [0.1, 0.15) is 11.8 Å². The number of carbonyl (C=O) groups is 1. The normalized spacial score (nSPS) is 13.8. The van der Waals surface area contributed by atoms with Crippen molar-refractivity contribution in [3.05, 3.63) is 64.1 Å². The van der Waals surface area contributed by atoms with Gasteiger partial charge in [0.15, 0.2) is 15.6 Å². The van der Waals surface area contributed by atoms with Crippen LogP contribution in [0.15, 0.2) is 41.9 Å². The zero-order valence-electron chi connectivity index (χ0n) is 16.2. The lowest BCUT2D eigenvalue weighted by Crippen LogP contribution is -2.32. The summed E-state index contributed by atoms with van der Waals surface area (Å²) in [5.41, 5.74) is 0.898. The summed E-state index contributed by atoms with van der Waals surface area (Å²) < 4.78 is 28.1. The molecular weight excluding hydrogens is 418 g/mol. The van der Waals surface area contributed by atoms with E-state index in [0.717, 1.165) is 17.2 Å². The first-order valence-corrected chi connectivity index (χ1v) is 11.0. The number of aliphatic hydroxyl groups is 1. The van der Waals surface area contributed by atoms with Gasteiger partial charge in [-0.2, -0.15) is 0 Å². The molecule has 1 heterocycles. The number of hydrogen-bond acceptors (Lipinski definition) is 7. The van der Waals surface area contributed by atoms with Gasteiger partial charge in [0.05, 0.1) is 12.8 Å². The van der Waals surface area contributed by atoms with Crippen molar-refractivity contribution in [1.82, 2.24) is 15.3 Å². The fourth-order valence-electron chi connectivity index (χ4n) is 2.37. The van der Waals surface area contributed by atoms with E-state index < -0.39 is 34.5 Å². The van der Waals surface area contributed by atoms with Crippen molar-refractivity contribution in [3.63, 3.8) is 0 Å². The Morgan fingerprint density at radius 2 is 2.03 bits per heavy atom. The van der Waals surface area contributed by atoms with Crippen LogP contribution >= 0.6 is 11.6 Å². The molecule has 0 bridgehead atoms. The molecule has 0 aliphatic heterocycles. The molecule has 0 fully saturated rings. The summed E-state index contributed by atoms with van der Waals surface area (Å²) in [6.07, 6.45) is 3.26. The molecular formula is C19H22ClN3O5S. The monoisotopic (exact) mass is 439 g/mol. The molecule has 0 saturated heterocycles. The highest BCUT2D eigenvalue weighted by Crippen LogP contribution is 2.28. The average Bonchev–Trinajstić information content (AvgIpc) is 2.66. The number of benzene rings is 1. The molecule has 2 N–H and O–H groups in total. The van der Waals surface area contributed by atoms with Gasteiger partial charge >= 0.3 is 0 Å². The second-order valence-corrected chi connectivity index (χ2v) is 8.70. The predicted molar refractivity (Wildman–Crippen MR) is 109 cm³/mol. The van der Waals surface area contributed by atoms with E-state index in [-0.39, 0.29) is 17.3 Å². The van der Waals surface area contributed by atoms with Crippen LogP contribution < -0.4 is 10.1 Å². The van der Waals surface area contributed by atoms with Gasteiger partial charge in [0, 0.05) is 28.3 Å². The lowest BCUT2D eigenvalue weighted by molar-refractivity contribution is 0.0935. The zero-order valence-corrected chi connectivity index (χ0v) is 17.7. The second-order valence-electron chi connectivity index (χ2n) is 6.36. The summed E-state index contributed by atoms with van der Waals surface area (Å²) in [6.45, 7) is 2.94. The Kier molecular flexibility index (Phi) is 7.72. The highest BCUT2D eigenvalue weighted by Gasteiger charge is 2.18. The molecule has 0 radical (unpaired) electrons. The van der Waals surface area contributed by atoms with Crippen molar-refractivity contribution in [2.45, 2.75) is 32.6 Å². The van der Waals surface area contributed by atoms with E-state index in [1.54, 1.807) is 26.0 Å². The SMILES string of the molecule is C[C@H](/C=C/S(C)(=O)=O)NC(=O)c1ncc(O[C@@H](C)c2ccccc2Cl)c(CO)n1. The van der Waals surface area contributed by atoms with Crippen molar-refractivity contribution < 1.29 is 23.1 Å². The molecule has 2 atom stereocenters. The van der Waals surface area contributed by atoms with Gasteiger partial charge < -0.3 is 15.2 Å². The van der Waals surface area contributed by atoms with Crippen LogP contribution in [0.3, 0.4) is 0 Å². The van der Waals surface area contributed by atoms with Gasteiger partial charge in [-0.1, -0.05) is 35.9 Å². The third kappa shape index (κ3) is 6.81. The van der Waals surface area contributed by atoms with E-state index in [1.807, 2.05) is 12.1 Å². The topological polar surface area (TPSA) is 118 Å². The number of aliphatic hydroxyl groups excluding tert-OH is 1. The molecule has 1 aromatic carbocycles. The Balaban J connectivity index is 2.14. The van der Waals surface area contributed by atoms with Crippen LogP contribution in [0.1, 0.15) is 41.8 Å². The number of hydrogen-bond donors (Lipinski definition) is 2. The van der Waals surface area contributed by atoms with Crippen molar-refractivity contribution in [2.75, 3.05) is 6.26 Å². The zero-order chi connectivity index (χ0) is 21.6. The lowest BCUT2D eigenvalue weighted by atomic mass is 10.1. The van der Waals surface area contributed by atoms with Crippen molar-refractivity contribution in [2.24, 2.45) is 0 Å². The Labute approximate surface area is 174 Å². The molecule has 29 heavy (non-hydrogen) atoms. The number of rotatable bonds is 8. The van der Waals surface area contributed by atoms with Gasteiger partial charge in [-0.05, 0) is 19.9 Å². The van der Waals surface area contributed by atoms with E-state index in [1.165, 1.54) is 12.3 Å². The molecule has 10 heteroatoms. The molecule has 1 amide bonds. The quantitative estimate of drug-likeness (QED) is 0.648. The maximum absolute atomic E-state index is 12.3. The van der Waals surface area contributed by atoms with Gasteiger partial charge in [0.2, 0.25) is 5.82 Å². The summed E-state index contributed by atoms with van der Waals surface area (Å²) in [7, 11) is -3.30. The Morgan fingerprint density at radius 3 is 2.66 bits per heavy atom. The van der Waals surface area contributed by atoms with E-state index in [0.29, 0.717) is 5.02 Å². The minimum Gasteiger partial charge on any atom is -0.482 e. The molecule has 156 valence electrons. The van der Waals surface area contributed by atoms with E-state index in [4.69, 9.17) is 16.3 Å². The summed E-state index contributed by atoms with van der Waals surface area (Å²) in [4.78, 5) is 20.3. The Hall–Kier alpha value is -2.49. The van der Waals surface area contributed by atoms with Crippen LogP contribution in [0.5, 0.6) is 5.75 Å². The molecule has 0 spiro atoms. The maximum atomic E-state index is 12.3. The summed E-state index contributed by atoms with van der Waals surface area (Å²) in [5.74, 6) is -0.566. The van der Waals surface area contributed by atoms with E-state index in [2.05, 4.69) is 15.3 Å². The molecule has 0 aliphatic rings. The average molecular weight is 440 g/mol. The van der Waals surface area contributed by atoms with E-state index in [9.17, 15) is 18.3 Å². The third-order valence-electron chi connectivity index (χ3n) is 3.80. The Morgan fingerprint density at radius 1 is 1.34 bits per heavy atom. The molecule has 0 saturated carbocycles. The number of nitrogens with zero attached hydrogens (tertiary/aromatic N) is 2. The molecule has 0 aliphatic carbocycles. The summed E-state index contributed by atoms with van der Waals surface area (Å²) in [5, 5.41) is 13.7. The second kappa shape index (κ2) is 9.82. The summed E-state index contributed by atoms with van der Waals surface area (Å²) >= 11 is 6.17. The number of carbonyl (C=O) groups excluding carboxylic acids is 1. The first-order chi connectivity index (χ1) is 13.6. The number of aromatic nitrogens is 2. The fraction of sp³-hybridized carbons (Fsp3) is 0.316. The number of amides is 1. The number of halogens is 1. The molecule has 8 nitrogen and oxygen atoms in total. The fourth-order valence-corrected chi connectivity index (χ4v) is 3.18. The number of nitrogens with one attached hydrogen (secondary N) is 1. The highest BCUT2D eigenvalue weighted by molar-refractivity contribution is 7.93. The predicted octanol–water partition coefficient (Wildman–Crippen LogP) is 2.44. The third-order valence-corrected chi connectivity index (χ3v) is 4.80. The highest BCUT2D eigenvalue weighted by atomic mass is 35.5. The van der Waals surface area contributed by atoms with Crippen LogP contribution in [0.25, 0.3) is 0 Å². The number of sulfone groups is 1. The van der Waals surface area contributed by atoms with Crippen LogP contribution in [0, 0.1) is 0 Å². The van der Waals surface area contributed by atoms with E-state index >= 15 is 0 Å². The summed E-state index contributed by atoms with van der Waals surface area (Å²) in [6, 6.07) is 6.64. The minimum atomic E-state index is -3.30. The molecule has 2 rings (SSSR count). The van der Waals surface area contributed by atoms with Crippen LogP contribution in [-0.4, -0.2) is 41.7 Å². The molecule has 1 aromatic heterocycles. The van der Waals surface area contributed by atoms with Crippen LogP contribution in [-0.2, 0) is 16.4 Å². The smallest absolute Gasteiger partial charge is 0.289 e. The van der Waals surface area contributed by atoms with Gasteiger partial charge in [-0.3, -0.25) is 4.79 Å². The standard InChI is InChI=1S/C19H22ClN3O5S/c1-12(8-9-29(3,26)27)22-19(25)18-21-10-17(16(11-24)23-18)28-13(2)14-6-4-5-7-15(14)20/h4-10,12-13,24H,11H2,1-3H3,(H,22,25)/b9-8+/t12-,13+/m1/s1. The van der Waals surface area contributed by atoms with Crippen LogP contribution in [0.2, 0.25) is 5.02 Å². The maximum Gasteiger partial charge on any atom is 0.289 e. The van der Waals surface area contributed by atoms with Crippen LogP contribution in [0.4, 0.5) is 0 Å². The first-order valence-electron chi connectivity index (χ1n) is 8.67. The van der Waals surface area contributed by atoms with Gasteiger partial charge in [0.25, 0.3) is 5.91 Å². The lowest BCUT2D eigenvalue weighted by Gasteiger charge is -2.18. The van der Waals surface area contributed by atoms with Crippen molar-refractivity contribution in [1.29, 1.82) is 0 Å². The van der Waals surface area contributed by atoms with Gasteiger partial charge in [-0.15, -0.1) is 0 Å². The number of ether oxygens (including phenoxy) is 1. The van der Waals surface area contributed by atoms with Crippen molar-refractivity contribution in [3.8, 4) is 5.75 Å². The molecule has 0 unspecified atom stereocenters. The van der Waals surface area contributed by atoms with Gasteiger partial charge in [-0.25, -0.2) is 18.4 Å². The first kappa shape index (κ1) is 22.8. The Bertz CT molecular complexity index is 1010. The largest absolute Gasteiger partial charge is 0.482 e. The minimum absolute atomic E-state index is 0.142. The van der Waals surface area contributed by atoms with Crippen molar-refractivity contribution >= 4 is 27.3 Å².